The predicted molar refractivity (Wildman–Crippen MR) is 111 cm³/mol. The lowest BCUT2D eigenvalue weighted by molar-refractivity contribution is 0.0661. The van der Waals surface area contributed by atoms with E-state index in [1.54, 1.807) is 6.07 Å². The van der Waals surface area contributed by atoms with Crippen LogP contribution in [0.4, 0.5) is 11.4 Å². The molecule has 0 bridgehead atoms. The molecule has 1 aliphatic carbocycles. The van der Waals surface area contributed by atoms with Crippen molar-refractivity contribution in [3.8, 4) is 0 Å². The minimum atomic E-state index is -0.169. The van der Waals surface area contributed by atoms with Crippen molar-refractivity contribution in [2.24, 2.45) is 5.92 Å². The van der Waals surface area contributed by atoms with Gasteiger partial charge in [-0.25, -0.2) is 0 Å². The van der Waals surface area contributed by atoms with Crippen LogP contribution < -0.4 is 10.6 Å². The smallest absolute Gasteiger partial charge is 0.276 e. The number of nitrogens with one attached hydrogen (secondary N) is 2. The van der Waals surface area contributed by atoms with E-state index in [0.29, 0.717) is 11.7 Å². The van der Waals surface area contributed by atoms with Gasteiger partial charge in [0.2, 0.25) is 0 Å². The molecule has 1 aromatic carbocycles. The number of carbonyl (C=O) groups excluding carboxylic acids is 1. The molecule has 2 N–H and O–H groups in total. The molecular formula is C22H30N4O2. The SMILES string of the molecule is O=C(Nc1ccccc1NCC1CCCCC1)c1ccn(C2CCOCC2)n1. The van der Waals surface area contributed by atoms with Gasteiger partial charge in [0.15, 0.2) is 5.69 Å². The molecule has 150 valence electrons. The van der Waals surface area contributed by atoms with Crippen LogP contribution in [0.15, 0.2) is 36.5 Å². The number of amides is 1. The summed E-state index contributed by atoms with van der Waals surface area (Å²) >= 11 is 0. The van der Waals surface area contributed by atoms with Crippen molar-refractivity contribution in [3.05, 3.63) is 42.2 Å². The van der Waals surface area contributed by atoms with Gasteiger partial charge in [0.1, 0.15) is 0 Å². The van der Waals surface area contributed by atoms with Gasteiger partial charge >= 0.3 is 0 Å². The molecule has 4 rings (SSSR count). The van der Waals surface area contributed by atoms with Crippen LogP contribution in [-0.2, 0) is 4.74 Å². The molecule has 2 fully saturated rings. The molecule has 6 heteroatoms. The summed E-state index contributed by atoms with van der Waals surface area (Å²) in [5, 5.41) is 11.1. The molecular weight excluding hydrogens is 352 g/mol. The molecule has 0 unspecified atom stereocenters. The first-order chi connectivity index (χ1) is 13.8. The van der Waals surface area contributed by atoms with Gasteiger partial charge in [-0.2, -0.15) is 5.10 Å². The van der Waals surface area contributed by atoms with Gasteiger partial charge in [-0.05, 0) is 49.8 Å². The van der Waals surface area contributed by atoms with Crippen LogP contribution in [0, 0.1) is 5.92 Å². The summed E-state index contributed by atoms with van der Waals surface area (Å²) in [6.45, 7) is 2.48. The summed E-state index contributed by atoms with van der Waals surface area (Å²) in [6.07, 6.45) is 10.4. The van der Waals surface area contributed by atoms with E-state index in [4.69, 9.17) is 4.74 Å². The molecule has 2 aliphatic rings. The number of anilines is 2. The Labute approximate surface area is 166 Å². The Morgan fingerprint density at radius 1 is 1.04 bits per heavy atom. The number of rotatable bonds is 6. The van der Waals surface area contributed by atoms with Crippen molar-refractivity contribution in [1.82, 2.24) is 9.78 Å². The highest BCUT2D eigenvalue weighted by molar-refractivity contribution is 6.04. The molecule has 1 aromatic heterocycles. The second kappa shape index (κ2) is 9.24. The fraction of sp³-hybridized carbons (Fsp3) is 0.545. The first-order valence-electron chi connectivity index (χ1n) is 10.6. The van der Waals surface area contributed by atoms with Gasteiger partial charge in [0.05, 0.1) is 17.4 Å². The van der Waals surface area contributed by atoms with Crippen molar-refractivity contribution >= 4 is 17.3 Å². The van der Waals surface area contributed by atoms with Gasteiger partial charge in [-0.1, -0.05) is 31.4 Å². The van der Waals surface area contributed by atoms with E-state index in [2.05, 4.69) is 15.7 Å². The molecule has 1 saturated heterocycles. The molecule has 2 aromatic rings. The Balaban J connectivity index is 1.38. The first kappa shape index (κ1) is 19.0. The monoisotopic (exact) mass is 382 g/mol. The van der Waals surface area contributed by atoms with Gasteiger partial charge in [0, 0.05) is 26.0 Å². The van der Waals surface area contributed by atoms with E-state index in [1.165, 1.54) is 32.1 Å². The van der Waals surface area contributed by atoms with Gasteiger partial charge in [-0.15, -0.1) is 0 Å². The van der Waals surface area contributed by atoms with E-state index in [1.807, 2.05) is 35.1 Å². The van der Waals surface area contributed by atoms with Crippen LogP contribution in [0.3, 0.4) is 0 Å². The number of nitrogens with zero attached hydrogens (tertiary/aromatic N) is 2. The van der Waals surface area contributed by atoms with E-state index in [9.17, 15) is 4.79 Å². The molecule has 1 saturated carbocycles. The quantitative estimate of drug-likeness (QED) is 0.773. The Morgan fingerprint density at radius 3 is 2.57 bits per heavy atom. The number of hydrogen-bond acceptors (Lipinski definition) is 4. The van der Waals surface area contributed by atoms with Gasteiger partial charge in [-0.3, -0.25) is 9.48 Å². The van der Waals surface area contributed by atoms with Crippen LogP contribution in [0.2, 0.25) is 0 Å². The van der Waals surface area contributed by atoms with E-state index < -0.39 is 0 Å². The number of benzene rings is 1. The molecule has 1 amide bonds. The molecule has 0 atom stereocenters. The number of carbonyl (C=O) groups is 1. The maximum absolute atomic E-state index is 12.7. The Morgan fingerprint density at radius 2 is 1.79 bits per heavy atom. The second-order valence-corrected chi connectivity index (χ2v) is 7.91. The second-order valence-electron chi connectivity index (χ2n) is 7.91. The Kier molecular flexibility index (Phi) is 6.27. The predicted octanol–water partition coefficient (Wildman–Crippen LogP) is 4.48. The standard InChI is InChI=1S/C22H30N4O2/c27-22(21-10-13-26(25-21)18-11-14-28-15-12-18)24-20-9-5-4-8-19(20)23-16-17-6-2-1-3-7-17/h4-5,8-10,13,17-18,23H,1-3,6-7,11-12,14-16H2,(H,24,27). The summed E-state index contributed by atoms with van der Waals surface area (Å²) in [5.41, 5.74) is 2.24. The van der Waals surface area contributed by atoms with Crippen molar-refractivity contribution in [2.45, 2.75) is 51.0 Å². The molecule has 2 heterocycles. The Hall–Kier alpha value is -2.34. The zero-order valence-corrected chi connectivity index (χ0v) is 16.4. The van der Waals surface area contributed by atoms with E-state index in [0.717, 1.165) is 49.9 Å². The average Bonchev–Trinajstić information content (AvgIpc) is 3.25. The fourth-order valence-electron chi connectivity index (χ4n) is 4.19. The van der Waals surface area contributed by atoms with Crippen LogP contribution in [-0.4, -0.2) is 35.4 Å². The highest BCUT2D eigenvalue weighted by Crippen LogP contribution is 2.27. The summed E-state index contributed by atoms with van der Waals surface area (Å²) in [5.74, 6) is 0.561. The maximum atomic E-state index is 12.7. The van der Waals surface area contributed by atoms with Crippen molar-refractivity contribution < 1.29 is 9.53 Å². The van der Waals surface area contributed by atoms with E-state index >= 15 is 0 Å². The first-order valence-corrected chi connectivity index (χ1v) is 10.6. The van der Waals surface area contributed by atoms with Gasteiger partial charge < -0.3 is 15.4 Å². The zero-order valence-electron chi connectivity index (χ0n) is 16.4. The van der Waals surface area contributed by atoms with E-state index in [-0.39, 0.29) is 5.91 Å². The van der Waals surface area contributed by atoms with Crippen LogP contribution in [0.25, 0.3) is 0 Å². The highest BCUT2D eigenvalue weighted by atomic mass is 16.5. The zero-order chi connectivity index (χ0) is 19.2. The third-order valence-corrected chi connectivity index (χ3v) is 5.89. The third kappa shape index (κ3) is 4.73. The van der Waals surface area contributed by atoms with Gasteiger partial charge in [0.25, 0.3) is 5.91 Å². The molecule has 0 spiro atoms. The number of ether oxygens (including phenoxy) is 1. The number of para-hydroxylation sites is 2. The lowest BCUT2D eigenvalue weighted by atomic mass is 9.89. The van der Waals surface area contributed by atoms with Crippen LogP contribution in [0.5, 0.6) is 0 Å². The third-order valence-electron chi connectivity index (χ3n) is 5.89. The summed E-state index contributed by atoms with van der Waals surface area (Å²) in [4.78, 5) is 12.7. The summed E-state index contributed by atoms with van der Waals surface area (Å²) in [6, 6.07) is 10.0. The molecule has 6 nitrogen and oxygen atoms in total. The summed E-state index contributed by atoms with van der Waals surface area (Å²) < 4.78 is 7.31. The molecule has 28 heavy (non-hydrogen) atoms. The molecule has 1 aliphatic heterocycles. The lowest BCUT2D eigenvalue weighted by Crippen LogP contribution is -2.21. The van der Waals surface area contributed by atoms with Crippen molar-refractivity contribution in [3.63, 3.8) is 0 Å². The highest BCUT2D eigenvalue weighted by Gasteiger charge is 2.19. The minimum absolute atomic E-state index is 0.169. The number of aromatic nitrogens is 2. The largest absolute Gasteiger partial charge is 0.383 e. The topological polar surface area (TPSA) is 68.2 Å². The van der Waals surface area contributed by atoms with Crippen LogP contribution >= 0.6 is 0 Å². The minimum Gasteiger partial charge on any atom is -0.383 e. The van der Waals surface area contributed by atoms with Crippen molar-refractivity contribution in [1.29, 1.82) is 0 Å². The normalized spacial score (nSPS) is 18.7. The van der Waals surface area contributed by atoms with Crippen LogP contribution in [0.1, 0.15) is 61.5 Å². The maximum Gasteiger partial charge on any atom is 0.276 e. The average molecular weight is 383 g/mol. The Bertz CT molecular complexity index is 776. The van der Waals surface area contributed by atoms with Crippen molar-refractivity contribution in [2.75, 3.05) is 30.4 Å². The fourth-order valence-corrected chi connectivity index (χ4v) is 4.19. The number of hydrogen-bond donors (Lipinski definition) is 2. The lowest BCUT2D eigenvalue weighted by Gasteiger charge is -2.23. The summed E-state index contributed by atoms with van der Waals surface area (Å²) in [7, 11) is 0. The molecule has 0 radical (unpaired) electrons.